The monoisotopic (exact) mass is 359 g/mol. The molecule has 2 aromatic rings. The number of nitrogens with zero attached hydrogens (tertiary/aromatic N) is 3. The Bertz CT molecular complexity index is 749. The molecule has 0 atom stereocenters. The molecule has 0 saturated carbocycles. The average Bonchev–Trinajstić information content (AvgIpc) is 2.65. The quantitative estimate of drug-likeness (QED) is 0.818. The van der Waals surface area contributed by atoms with Crippen molar-refractivity contribution in [3.8, 4) is 11.5 Å². The second-order valence-corrected chi connectivity index (χ2v) is 6.47. The van der Waals surface area contributed by atoms with Crippen LogP contribution in [-0.4, -0.2) is 46.1 Å². The summed E-state index contributed by atoms with van der Waals surface area (Å²) in [7, 11) is 0. The smallest absolute Gasteiger partial charge is 0.258 e. The molecule has 0 bridgehead atoms. The van der Waals surface area contributed by atoms with Crippen LogP contribution in [0.25, 0.3) is 0 Å². The molecule has 0 unspecified atom stereocenters. The molecule has 1 aliphatic heterocycles. The molecular weight excluding hydrogens is 337 g/mol. The van der Waals surface area contributed by atoms with E-state index in [1.807, 2.05) is 13.8 Å². The summed E-state index contributed by atoms with van der Waals surface area (Å²) in [4.78, 5) is 22.8. The Balaban J connectivity index is 1.92. The standard InChI is InChI=1S/C19H22FN3O3/c1-13(2)23(15-5-7-25-8-6-15)19(24)17-9-14(20)3-4-18(17)26-16-10-21-12-22-11-16/h3-4,9-13,15H,5-8H2,1-2H3. The molecule has 1 aliphatic rings. The van der Waals surface area contributed by atoms with E-state index in [2.05, 4.69) is 9.97 Å². The van der Waals surface area contributed by atoms with E-state index in [1.165, 1.54) is 36.9 Å². The summed E-state index contributed by atoms with van der Waals surface area (Å²) in [5.74, 6) is -0.0711. The molecule has 1 aromatic carbocycles. The molecular formula is C19H22FN3O3. The van der Waals surface area contributed by atoms with Gasteiger partial charge in [-0.2, -0.15) is 0 Å². The first-order valence-electron chi connectivity index (χ1n) is 8.69. The lowest BCUT2D eigenvalue weighted by molar-refractivity contribution is 0.0204. The Morgan fingerprint density at radius 3 is 2.62 bits per heavy atom. The Hall–Kier alpha value is -2.54. The van der Waals surface area contributed by atoms with E-state index < -0.39 is 5.82 Å². The van der Waals surface area contributed by atoms with Crippen molar-refractivity contribution >= 4 is 5.91 Å². The molecule has 0 radical (unpaired) electrons. The Kier molecular flexibility index (Phi) is 5.78. The van der Waals surface area contributed by atoms with Crippen LogP contribution >= 0.6 is 0 Å². The van der Waals surface area contributed by atoms with Crippen molar-refractivity contribution in [2.75, 3.05) is 13.2 Å². The zero-order valence-electron chi connectivity index (χ0n) is 14.9. The van der Waals surface area contributed by atoms with E-state index in [4.69, 9.17) is 9.47 Å². The van der Waals surface area contributed by atoms with Crippen molar-refractivity contribution < 1.29 is 18.7 Å². The molecule has 1 fully saturated rings. The van der Waals surface area contributed by atoms with Gasteiger partial charge < -0.3 is 14.4 Å². The molecule has 0 spiro atoms. The van der Waals surface area contributed by atoms with E-state index >= 15 is 0 Å². The summed E-state index contributed by atoms with van der Waals surface area (Å²) in [5, 5.41) is 0. The van der Waals surface area contributed by atoms with Crippen molar-refractivity contribution in [3.05, 3.63) is 48.3 Å². The van der Waals surface area contributed by atoms with Gasteiger partial charge in [0.15, 0.2) is 5.75 Å². The number of benzene rings is 1. The van der Waals surface area contributed by atoms with Gasteiger partial charge in [0.05, 0.1) is 18.0 Å². The number of carbonyl (C=O) groups is 1. The second kappa shape index (κ2) is 8.23. The summed E-state index contributed by atoms with van der Waals surface area (Å²) >= 11 is 0. The maximum Gasteiger partial charge on any atom is 0.258 e. The Labute approximate surface area is 152 Å². The first-order chi connectivity index (χ1) is 12.6. The average molecular weight is 359 g/mol. The number of aromatic nitrogens is 2. The minimum Gasteiger partial charge on any atom is -0.453 e. The molecule has 138 valence electrons. The van der Waals surface area contributed by atoms with Crippen molar-refractivity contribution in [1.82, 2.24) is 14.9 Å². The lowest BCUT2D eigenvalue weighted by atomic mass is 10.0. The molecule has 1 saturated heterocycles. The highest BCUT2D eigenvalue weighted by Crippen LogP contribution is 2.29. The molecule has 1 aromatic heterocycles. The number of carbonyl (C=O) groups excluding carboxylic acids is 1. The van der Waals surface area contributed by atoms with Gasteiger partial charge in [-0.3, -0.25) is 4.79 Å². The van der Waals surface area contributed by atoms with Crippen LogP contribution in [0, 0.1) is 5.82 Å². The summed E-state index contributed by atoms with van der Waals surface area (Å²) < 4.78 is 25.0. The number of amides is 1. The van der Waals surface area contributed by atoms with E-state index in [1.54, 1.807) is 4.90 Å². The van der Waals surface area contributed by atoms with E-state index in [-0.39, 0.29) is 29.3 Å². The van der Waals surface area contributed by atoms with Crippen LogP contribution in [-0.2, 0) is 4.74 Å². The highest BCUT2D eigenvalue weighted by Gasteiger charge is 2.30. The van der Waals surface area contributed by atoms with E-state index in [9.17, 15) is 9.18 Å². The first kappa shape index (κ1) is 18.3. The van der Waals surface area contributed by atoms with Crippen LogP contribution in [0.4, 0.5) is 4.39 Å². The van der Waals surface area contributed by atoms with Crippen molar-refractivity contribution in [1.29, 1.82) is 0 Å². The fraction of sp³-hybridized carbons (Fsp3) is 0.421. The van der Waals surface area contributed by atoms with Gasteiger partial charge in [-0.15, -0.1) is 0 Å². The van der Waals surface area contributed by atoms with Gasteiger partial charge in [0, 0.05) is 25.3 Å². The lowest BCUT2D eigenvalue weighted by Gasteiger charge is -2.37. The minimum absolute atomic E-state index is 0.0261. The fourth-order valence-electron chi connectivity index (χ4n) is 3.15. The van der Waals surface area contributed by atoms with Crippen molar-refractivity contribution in [3.63, 3.8) is 0 Å². The topological polar surface area (TPSA) is 64.6 Å². The number of ether oxygens (including phenoxy) is 2. The van der Waals surface area contributed by atoms with Crippen LogP contribution in [0.2, 0.25) is 0 Å². The van der Waals surface area contributed by atoms with E-state index in [0.717, 1.165) is 12.8 Å². The van der Waals surface area contributed by atoms with Crippen LogP contribution in [0.15, 0.2) is 36.9 Å². The van der Waals surface area contributed by atoms with E-state index in [0.29, 0.717) is 19.0 Å². The zero-order valence-corrected chi connectivity index (χ0v) is 14.9. The van der Waals surface area contributed by atoms with Crippen molar-refractivity contribution in [2.24, 2.45) is 0 Å². The Morgan fingerprint density at radius 1 is 1.27 bits per heavy atom. The fourth-order valence-corrected chi connectivity index (χ4v) is 3.15. The number of rotatable bonds is 5. The third kappa shape index (κ3) is 4.16. The molecule has 7 heteroatoms. The van der Waals surface area contributed by atoms with Crippen LogP contribution < -0.4 is 4.74 Å². The molecule has 2 heterocycles. The van der Waals surface area contributed by atoms with Gasteiger partial charge in [0.25, 0.3) is 5.91 Å². The highest BCUT2D eigenvalue weighted by molar-refractivity contribution is 5.97. The molecule has 3 rings (SSSR count). The summed E-state index contributed by atoms with van der Waals surface area (Å²) in [6, 6.07) is 3.98. The second-order valence-electron chi connectivity index (χ2n) is 6.47. The molecule has 0 aliphatic carbocycles. The predicted octanol–water partition coefficient (Wildman–Crippen LogP) is 3.44. The largest absolute Gasteiger partial charge is 0.453 e. The summed E-state index contributed by atoms with van der Waals surface area (Å²) in [6.45, 7) is 5.15. The maximum atomic E-state index is 13.9. The van der Waals surface area contributed by atoms with Crippen LogP contribution in [0.3, 0.4) is 0 Å². The molecule has 26 heavy (non-hydrogen) atoms. The van der Waals surface area contributed by atoms with Gasteiger partial charge in [0.1, 0.15) is 17.9 Å². The third-order valence-corrected chi connectivity index (χ3v) is 4.31. The van der Waals surface area contributed by atoms with Crippen LogP contribution in [0.5, 0.6) is 11.5 Å². The van der Waals surface area contributed by atoms with Crippen molar-refractivity contribution in [2.45, 2.75) is 38.8 Å². The van der Waals surface area contributed by atoms with Gasteiger partial charge in [0.2, 0.25) is 0 Å². The van der Waals surface area contributed by atoms with Gasteiger partial charge in [-0.1, -0.05) is 0 Å². The number of halogens is 1. The van der Waals surface area contributed by atoms with Gasteiger partial charge in [-0.05, 0) is 44.9 Å². The first-order valence-corrected chi connectivity index (χ1v) is 8.69. The number of hydrogen-bond acceptors (Lipinski definition) is 5. The predicted molar refractivity (Wildman–Crippen MR) is 93.7 cm³/mol. The minimum atomic E-state index is -0.485. The number of hydrogen-bond donors (Lipinski definition) is 0. The lowest BCUT2D eigenvalue weighted by Crippen LogP contribution is -2.47. The Morgan fingerprint density at radius 2 is 1.96 bits per heavy atom. The summed E-state index contributed by atoms with van der Waals surface area (Å²) in [5.41, 5.74) is 0.189. The van der Waals surface area contributed by atoms with Gasteiger partial charge in [-0.25, -0.2) is 14.4 Å². The molecule has 0 N–H and O–H groups in total. The molecule has 6 nitrogen and oxygen atoms in total. The van der Waals surface area contributed by atoms with Crippen LogP contribution in [0.1, 0.15) is 37.0 Å². The normalized spacial score (nSPS) is 15.1. The highest BCUT2D eigenvalue weighted by atomic mass is 19.1. The molecule has 1 amide bonds. The summed E-state index contributed by atoms with van der Waals surface area (Å²) in [6.07, 6.45) is 5.89. The van der Waals surface area contributed by atoms with Gasteiger partial charge >= 0.3 is 0 Å². The maximum absolute atomic E-state index is 13.9. The SMILES string of the molecule is CC(C)N(C(=O)c1cc(F)ccc1Oc1cncnc1)C1CCOCC1. The third-order valence-electron chi connectivity index (χ3n) is 4.31. The zero-order chi connectivity index (χ0) is 18.5.